The summed E-state index contributed by atoms with van der Waals surface area (Å²) in [6, 6.07) is 15.3. The second-order valence-corrected chi connectivity index (χ2v) is 7.87. The lowest BCUT2D eigenvalue weighted by atomic mass is 10.3. The number of nitrogens with zero attached hydrogens (tertiary/aromatic N) is 3. The van der Waals surface area contributed by atoms with Crippen molar-refractivity contribution >= 4 is 52.6 Å². The van der Waals surface area contributed by atoms with E-state index in [1.54, 1.807) is 10.7 Å². The smallest absolute Gasteiger partial charge is 0.271 e. The van der Waals surface area contributed by atoms with Gasteiger partial charge in [-0.2, -0.15) is 0 Å². The summed E-state index contributed by atoms with van der Waals surface area (Å²) in [6.07, 6.45) is 0. The highest BCUT2D eigenvalue weighted by Gasteiger charge is 2.11. The molecule has 0 fully saturated rings. The maximum atomic E-state index is 12.1. The molecule has 0 aliphatic heterocycles. The normalized spacial score (nSPS) is 10.5. The molecule has 0 aliphatic carbocycles. The van der Waals surface area contributed by atoms with Gasteiger partial charge in [-0.05, 0) is 30.4 Å². The van der Waals surface area contributed by atoms with Crippen LogP contribution >= 0.6 is 35.3 Å². The molecular weight excluding hydrogens is 392 g/mol. The molecule has 0 unspecified atom stereocenters. The second kappa shape index (κ2) is 8.21. The third-order valence-corrected chi connectivity index (χ3v) is 5.56. The Morgan fingerprint density at radius 3 is 2.77 bits per heavy atom. The van der Waals surface area contributed by atoms with E-state index in [1.165, 1.54) is 41.3 Å². The number of carbonyl (C=O) groups is 1. The Bertz CT molecular complexity index is 1000. The van der Waals surface area contributed by atoms with Crippen molar-refractivity contribution in [2.24, 2.45) is 0 Å². The zero-order chi connectivity index (χ0) is 18.5. The quantitative estimate of drug-likeness (QED) is 0.285. The van der Waals surface area contributed by atoms with Crippen molar-refractivity contribution in [1.29, 1.82) is 0 Å². The number of aromatic nitrogens is 2. The zero-order valence-electron chi connectivity index (χ0n) is 13.2. The maximum Gasteiger partial charge on any atom is 0.271 e. The van der Waals surface area contributed by atoms with E-state index in [2.05, 4.69) is 10.4 Å². The van der Waals surface area contributed by atoms with Crippen molar-refractivity contribution in [1.82, 2.24) is 9.78 Å². The average Bonchev–Trinajstić information content (AvgIpc) is 3.02. The van der Waals surface area contributed by atoms with Crippen molar-refractivity contribution in [2.75, 3.05) is 11.1 Å². The van der Waals surface area contributed by atoms with Crippen LogP contribution in [0.1, 0.15) is 0 Å². The van der Waals surface area contributed by atoms with Crippen molar-refractivity contribution < 1.29 is 9.72 Å². The fourth-order valence-electron chi connectivity index (χ4n) is 2.07. The van der Waals surface area contributed by atoms with Gasteiger partial charge in [0.25, 0.3) is 5.69 Å². The van der Waals surface area contributed by atoms with Gasteiger partial charge in [0.05, 0.1) is 16.4 Å². The molecule has 0 saturated carbocycles. The minimum atomic E-state index is -0.507. The number of hydrogen-bond donors (Lipinski definition) is 1. The molecule has 1 amide bonds. The van der Waals surface area contributed by atoms with Crippen LogP contribution in [-0.2, 0) is 4.79 Å². The molecule has 1 N–H and O–H groups in total. The molecule has 0 saturated heterocycles. The van der Waals surface area contributed by atoms with E-state index in [1.807, 2.05) is 30.3 Å². The lowest BCUT2D eigenvalue weighted by molar-refractivity contribution is -0.384. The Labute approximate surface area is 161 Å². The number of para-hydroxylation sites is 1. The van der Waals surface area contributed by atoms with Crippen LogP contribution in [0.3, 0.4) is 0 Å². The molecule has 3 aromatic rings. The SMILES string of the molecule is O=C(CSc1nn(-c2ccccc2)c(=S)s1)Nc1cccc([N+](=O)[O-])c1. The number of non-ortho nitro benzene ring substituents is 1. The minimum Gasteiger partial charge on any atom is -0.325 e. The summed E-state index contributed by atoms with van der Waals surface area (Å²) in [7, 11) is 0. The van der Waals surface area contributed by atoms with E-state index in [4.69, 9.17) is 12.2 Å². The van der Waals surface area contributed by atoms with Gasteiger partial charge >= 0.3 is 0 Å². The van der Waals surface area contributed by atoms with Gasteiger partial charge < -0.3 is 5.32 Å². The third kappa shape index (κ3) is 4.54. The van der Waals surface area contributed by atoms with E-state index < -0.39 is 4.92 Å². The molecule has 3 rings (SSSR count). The van der Waals surface area contributed by atoms with Crippen LogP contribution in [0.5, 0.6) is 0 Å². The highest BCUT2D eigenvalue weighted by atomic mass is 32.2. The summed E-state index contributed by atoms with van der Waals surface area (Å²) >= 11 is 7.91. The topological polar surface area (TPSA) is 90.1 Å². The second-order valence-electron chi connectivity index (χ2n) is 5.03. The molecule has 2 aromatic carbocycles. The Morgan fingerprint density at radius 1 is 1.27 bits per heavy atom. The number of carbonyl (C=O) groups excluding carboxylic acids is 1. The fraction of sp³-hybridized carbons (Fsp3) is 0.0625. The Hall–Kier alpha value is -2.56. The molecule has 1 aromatic heterocycles. The Balaban J connectivity index is 1.63. The fourth-order valence-corrected chi connectivity index (χ4v) is 4.23. The number of anilines is 1. The van der Waals surface area contributed by atoms with Crippen LogP contribution in [0, 0.1) is 14.1 Å². The standard InChI is InChI=1S/C16H12N4O3S3/c21-14(17-11-5-4-8-13(9-11)20(22)23)10-25-15-18-19(16(24)26-15)12-6-2-1-3-7-12/h1-9H,10H2,(H,17,21). The molecule has 0 spiro atoms. The van der Waals surface area contributed by atoms with Crippen LogP contribution in [0.2, 0.25) is 0 Å². The third-order valence-electron chi connectivity index (χ3n) is 3.20. The number of hydrogen-bond acceptors (Lipinski definition) is 7. The first-order chi connectivity index (χ1) is 12.5. The van der Waals surface area contributed by atoms with Gasteiger partial charge in [0.15, 0.2) is 8.29 Å². The van der Waals surface area contributed by atoms with E-state index >= 15 is 0 Å². The summed E-state index contributed by atoms with van der Waals surface area (Å²) in [4.78, 5) is 22.3. The highest BCUT2D eigenvalue weighted by Crippen LogP contribution is 2.24. The molecule has 10 heteroatoms. The largest absolute Gasteiger partial charge is 0.325 e. The molecule has 0 aliphatic rings. The maximum absolute atomic E-state index is 12.1. The van der Waals surface area contributed by atoms with E-state index in [9.17, 15) is 14.9 Å². The Kier molecular flexibility index (Phi) is 5.76. The zero-order valence-corrected chi connectivity index (χ0v) is 15.6. The number of thioether (sulfide) groups is 1. The van der Waals surface area contributed by atoms with Crippen molar-refractivity contribution in [3.05, 3.63) is 68.7 Å². The van der Waals surface area contributed by atoms with Crippen molar-refractivity contribution in [3.8, 4) is 5.69 Å². The Morgan fingerprint density at radius 2 is 2.04 bits per heavy atom. The molecule has 1 heterocycles. The molecule has 132 valence electrons. The summed E-state index contributed by atoms with van der Waals surface area (Å²) in [5.74, 6) is -0.150. The number of benzene rings is 2. The van der Waals surface area contributed by atoms with Crippen LogP contribution in [0.15, 0.2) is 58.9 Å². The summed E-state index contributed by atoms with van der Waals surface area (Å²) in [5.41, 5.74) is 1.17. The number of nitro benzene ring substituents is 1. The lowest BCUT2D eigenvalue weighted by Gasteiger charge is -2.04. The van der Waals surface area contributed by atoms with E-state index in [0.717, 1.165) is 5.69 Å². The minimum absolute atomic E-state index is 0.0740. The highest BCUT2D eigenvalue weighted by molar-refractivity contribution is 8.01. The molecule has 0 bridgehead atoms. The van der Waals surface area contributed by atoms with Crippen LogP contribution in [0.25, 0.3) is 5.69 Å². The van der Waals surface area contributed by atoms with Gasteiger partial charge in [-0.25, -0.2) is 4.68 Å². The molecule has 7 nitrogen and oxygen atoms in total. The first-order valence-corrected chi connectivity index (χ1v) is 9.56. The lowest BCUT2D eigenvalue weighted by Crippen LogP contribution is -2.14. The molecule has 26 heavy (non-hydrogen) atoms. The summed E-state index contributed by atoms with van der Waals surface area (Å²) in [5, 5.41) is 17.8. The van der Waals surface area contributed by atoms with Crippen LogP contribution < -0.4 is 5.32 Å². The van der Waals surface area contributed by atoms with Gasteiger partial charge in [0.2, 0.25) is 5.91 Å². The van der Waals surface area contributed by atoms with Crippen molar-refractivity contribution in [3.63, 3.8) is 0 Å². The molecule has 0 radical (unpaired) electrons. The van der Waals surface area contributed by atoms with Gasteiger partial charge in [-0.1, -0.05) is 47.4 Å². The van der Waals surface area contributed by atoms with Gasteiger partial charge in [0.1, 0.15) is 0 Å². The van der Waals surface area contributed by atoms with E-state index in [0.29, 0.717) is 14.0 Å². The van der Waals surface area contributed by atoms with Crippen LogP contribution in [0.4, 0.5) is 11.4 Å². The van der Waals surface area contributed by atoms with Gasteiger partial charge in [0, 0.05) is 17.8 Å². The number of rotatable bonds is 6. The number of amides is 1. The van der Waals surface area contributed by atoms with Crippen LogP contribution in [-0.4, -0.2) is 26.4 Å². The first kappa shape index (κ1) is 18.2. The average molecular weight is 404 g/mol. The monoisotopic (exact) mass is 404 g/mol. The van der Waals surface area contributed by atoms with Gasteiger partial charge in [-0.3, -0.25) is 14.9 Å². The molecule has 0 atom stereocenters. The first-order valence-electron chi connectivity index (χ1n) is 7.35. The predicted molar refractivity (Wildman–Crippen MR) is 105 cm³/mol. The van der Waals surface area contributed by atoms with Gasteiger partial charge in [-0.15, -0.1) is 5.10 Å². The number of nitrogens with one attached hydrogen (secondary N) is 1. The van der Waals surface area contributed by atoms with E-state index in [-0.39, 0.29) is 17.3 Å². The predicted octanol–water partition coefficient (Wildman–Crippen LogP) is 4.30. The van der Waals surface area contributed by atoms with Crippen molar-refractivity contribution in [2.45, 2.75) is 4.34 Å². The summed E-state index contributed by atoms with van der Waals surface area (Å²) < 4.78 is 2.92. The summed E-state index contributed by atoms with van der Waals surface area (Å²) in [6.45, 7) is 0. The number of nitro groups is 1. The molecular formula is C16H12N4O3S3.